The van der Waals surface area contributed by atoms with E-state index in [1.807, 2.05) is 19.9 Å². The average molecular weight is 323 g/mol. The topological polar surface area (TPSA) is 70.2 Å². The van der Waals surface area contributed by atoms with Gasteiger partial charge in [-0.2, -0.15) is 0 Å². The Hall–Kier alpha value is -1.18. The molecule has 0 spiro atoms. The minimum atomic E-state index is 0.0491. The number of hydrogen-bond donors (Lipinski definition) is 2. The van der Waals surface area contributed by atoms with Gasteiger partial charge in [-0.05, 0) is 32.9 Å². The zero-order valence-electron chi connectivity index (χ0n) is 13.4. The molecule has 0 unspecified atom stereocenters. The van der Waals surface area contributed by atoms with Gasteiger partial charge in [0.2, 0.25) is 5.91 Å². The van der Waals surface area contributed by atoms with Crippen LogP contribution in [0.2, 0.25) is 0 Å². The maximum Gasteiger partial charge on any atom is 0.230 e. The quantitative estimate of drug-likeness (QED) is 0.435. The van der Waals surface area contributed by atoms with Crippen LogP contribution in [0.5, 0.6) is 0 Å². The minimum absolute atomic E-state index is 0.0491. The van der Waals surface area contributed by atoms with Crippen molar-refractivity contribution in [2.45, 2.75) is 25.4 Å². The monoisotopic (exact) mass is 323 g/mol. The van der Waals surface area contributed by atoms with Crippen LogP contribution in [-0.2, 0) is 4.79 Å². The number of nitrogens with zero attached hydrogens (tertiary/aromatic N) is 3. The van der Waals surface area contributed by atoms with Gasteiger partial charge < -0.3 is 15.5 Å². The zero-order valence-corrected chi connectivity index (χ0v) is 14.2. The van der Waals surface area contributed by atoms with Crippen LogP contribution in [0.15, 0.2) is 11.2 Å². The number of aryl methyl sites for hydroxylation is 2. The Morgan fingerprint density at radius 1 is 1.32 bits per heavy atom. The highest BCUT2D eigenvalue weighted by atomic mass is 32.2. The van der Waals surface area contributed by atoms with E-state index < -0.39 is 0 Å². The van der Waals surface area contributed by atoms with Crippen LogP contribution in [0.4, 0.5) is 0 Å². The summed E-state index contributed by atoms with van der Waals surface area (Å²) in [5.74, 6) is 0.421. The van der Waals surface area contributed by atoms with E-state index in [1.54, 1.807) is 0 Å². The van der Waals surface area contributed by atoms with E-state index in [0.717, 1.165) is 57.1 Å². The summed E-state index contributed by atoms with van der Waals surface area (Å²) in [6.45, 7) is 10.0. The molecule has 7 heteroatoms. The van der Waals surface area contributed by atoms with Crippen molar-refractivity contribution in [1.82, 2.24) is 25.5 Å². The zero-order chi connectivity index (χ0) is 15.8. The van der Waals surface area contributed by atoms with Gasteiger partial charge in [-0.15, -0.1) is 0 Å². The van der Waals surface area contributed by atoms with Crippen LogP contribution < -0.4 is 10.6 Å². The van der Waals surface area contributed by atoms with E-state index >= 15 is 0 Å². The molecular formula is C15H25N5OS. The standard InChI is InChI=1S/C15H25N5OS/c1-12-10-13(2)19-15(18-12)22-11-14(21)17-4-3-7-20-8-5-16-6-9-20/h10,16H,3-9,11H2,1-2H3,(H,17,21). The lowest BCUT2D eigenvalue weighted by atomic mass is 10.3. The molecule has 0 aromatic carbocycles. The smallest absolute Gasteiger partial charge is 0.230 e. The van der Waals surface area contributed by atoms with E-state index in [-0.39, 0.29) is 5.91 Å². The van der Waals surface area contributed by atoms with Crippen LogP contribution in [0, 0.1) is 13.8 Å². The van der Waals surface area contributed by atoms with E-state index in [0.29, 0.717) is 10.9 Å². The molecule has 0 saturated carbocycles. The molecule has 1 fully saturated rings. The number of rotatable bonds is 7. The second-order valence-electron chi connectivity index (χ2n) is 5.52. The Bertz CT molecular complexity index is 471. The van der Waals surface area contributed by atoms with Crippen molar-refractivity contribution >= 4 is 17.7 Å². The Morgan fingerprint density at radius 3 is 2.68 bits per heavy atom. The number of thioether (sulfide) groups is 1. The second-order valence-corrected chi connectivity index (χ2v) is 6.46. The molecule has 1 aliphatic heterocycles. The molecule has 2 N–H and O–H groups in total. The second kappa shape index (κ2) is 9.07. The van der Waals surface area contributed by atoms with E-state index in [1.165, 1.54) is 11.8 Å². The van der Waals surface area contributed by atoms with Gasteiger partial charge in [0.25, 0.3) is 0 Å². The summed E-state index contributed by atoms with van der Waals surface area (Å²) in [7, 11) is 0. The van der Waals surface area contributed by atoms with Crippen LogP contribution in [0.1, 0.15) is 17.8 Å². The SMILES string of the molecule is Cc1cc(C)nc(SCC(=O)NCCCN2CCNCC2)n1. The highest BCUT2D eigenvalue weighted by molar-refractivity contribution is 7.99. The number of piperazine rings is 1. The summed E-state index contributed by atoms with van der Waals surface area (Å²) in [6.07, 6.45) is 0.996. The van der Waals surface area contributed by atoms with Crippen molar-refractivity contribution in [1.29, 1.82) is 0 Å². The molecule has 0 radical (unpaired) electrons. The Morgan fingerprint density at radius 2 is 2.00 bits per heavy atom. The summed E-state index contributed by atoms with van der Waals surface area (Å²) in [5.41, 5.74) is 1.87. The predicted octanol–water partition coefficient (Wildman–Crippen LogP) is 0.597. The first-order valence-corrected chi connectivity index (χ1v) is 8.77. The van der Waals surface area contributed by atoms with Crippen LogP contribution in [0.3, 0.4) is 0 Å². The first-order valence-electron chi connectivity index (χ1n) is 7.78. The van der Waals surface area contributed by atoms with Crippen molar-refractivity contribution in [2.75, 3.05) is 45.0 Å². The van der Waals surface area contributed by atoms with E-state index in [4.69, 9.17) is 0 Å². The lowest BCUT2D eigenvalue weighted by Gasteiger charge is -2.27. The first kappa shape index (κ1) is 17.2. The third-order valence-corrected chi connectivity index (χ3v) is 4.32. The maximum absolute atomic E-state index is 11.8. The number of nitrogens with one attached hydrogen (secondary N) is 2. The summed E-state index contributed by atoms with van der Waals surface area (Å²) in [6, 6.07) is 1.93. The Kier molecular flexibility index (Phi) is 7.08. The number of aromatic nitrogens is 2. The predicted molar refractivity (Wildman–Crippen MR) is 89.2 cm³/mol. The molecular weight excluding hydrogens is 298 g/mol. The molecule has 0 bridgehead atoms. The molecule has 1 aromatic heterocycles. The number of carbonyl (C=O) groups excluding carboxylic acids is 1. The van der Waals surface area contributed by atoms with Gasteiger partial charge in [-0.25, -0.2) is 9.97 Å². The summed E-state index contributed by atoms with van der Waals surface area (Å²) in [4.78, 5) is 22.9. The van der Waals surface area contributed by atoms with Gasteiger partial charge in [-0.3, -0.25) is 4.79 Å². The molecule has 22 heavy (non-hydrogen) atoms. The van der Waals surface area contributed by atoms with Crippen molar-refractivity contribution < 1.29 is 4.79 Å². The van der Waals surface area contributed by atoms with Gasteiger partial charge in [0.1, 0.15) is 0 Å². The normalized spacial score (nSPS) is 15.7. The van der Waals surface area contributed by atoms with Crippen LogP contribution >= 0.6 is 11.8 Å². The highest BCUT2D eigenvalue weighted by Crippen LogP contribution is 2.13. The van der Waals surface area contributed by atoms with E-state index in [9.17, 15) is 4.79 Å². The van der Waals surface area contributed by atoms with Crippen molar-refractivity contribution in [2.24, 2.45) is 0 Å². The van der Waals surface area contributed by atoms with Crippen molar-refractivity contribution in [3.05, 3.63) is 17.5 Å². The number of hydrogen-bond acceptors (Lipinski definition) is 6. The molecule has 122 valence electrons. The molecule has 1 aliphatic rings. The fourth-order valence-corrected chi connectivity index (χ4v) is 3.18. The Labute approximate surface area is 136 Å². The fourth-order valence-electron chi connectivity index (χ4n) is 2.40. The van der Waals surface area contributed by atoms with Crippen LogP contribution in [-0.4, -0.2) is 65.8 Å². The molecule has 1 amide bonds. The van der Waals surface area contributed by atoms with Crippen molar-refractivity contribution in [3.8, 4) is 0 Å². The highest BCUT2D eigenvalue weighted by Gasteiger charge is 2.09. The molecule has 1 saturated heterocycles. The van der Waals surface area contributed by atoms with Gasteiger partial charge in [0, 0.05) is 44.1 Å². The number of amides is 1. The minimum Gasteiger partial charge on any atom is -0.355 e. The maximum atomic E-state index is 11.8. The summed E-state index contributed by atoms with van der Waals surface area (Å²) in [5, 5.41) is 6.98. The van der Waals surface area contributed by atoms with E-state index in [2.05, 4.69) is 25.5 Å². The lowest BCUT2D eigenvalue weighted by molar-refractivity contribution is -0.118. The van der Waals surface area contributed by atoms with Gasteiger partial charge in [0.05, 0.1) is 5.75 Å². The fraction of sp³-hybridized carbons (Fsp3) is 0.667. The van der Waals surface area contributed by atoms with Gasteiger partial charge in [-0.1, -0.05) is 11.8 Å². The first-order chi connectivity index (χ1) is 10.6. The third-order valence-electron chi connectivity index (χ3n) is 3.48. The molecule has 0 atom stereocenters. The molecule has 1 aromatic rings. The van der Waals surface area contributed by atoms with Crippen molar-refractivity contribution in [3.63, 3.8) is 0 Å². The molecule has 0 aliphatic carbocycles. The third kappa shape index (κ3) is 6.29. The largest absolute Gasteiger partial charge is 0.355 e. The molecule has 2 rings (SSSR count). The summed E-state index contributed by atoms with van der Waals surface area (Å²) < 4.78 is 0. The Balaban J connectivity index is 1.59. The van der Waals surface area contributed by atoms with Crippen LogP contribution in [0.25, 0.3) is 0 Å². The summed E-state index contributed by atoms with van der Waals surface area (Å²) >= 11 is 1.39. The lowest BCUT2D eigenvalue weighted by Crippen LogP contribution is -2.44. The van der Waals surface area contributed by atoms with Gasteiger partial charge in [0.15, 0.2) is 5.16 Å². The van der Waals surface area contributed by atoms with Gasteiger partial charge >= 0.3 is 0 Å². The molecule has 6 nitrogen and oxygen atoms in total. The number of carbonyl (C=O) groups is 1. The average Bonchev–Trinajstić information content (AvgIpc) is 2.50. The molecule has 2 heterocycles.